The summed E-state index contributed by atoms with van der Waals surface area (Å²) >= 11 is 0.101. The number of amides is 1. The zero-order valence-electron chi connectivity index (χ0n) is 12.0. The molecule has 0 aromatic carbocycles. The molecule has 1 aromatic rings. The van der Waals surface area contributed by atoms with Crippen LogP contribution in [0.5, 0.6) is 0 Å². The number of likely N-dealkylation sites (tertiary alicyclic amines) is 1. The Bertz CT molecular complexity index is 744. The average molecular weight is 386 g/mol. The van der Waals surface area contributed by atoms with Crippen LogP contribution < -0.4 is 4.72 Å². The van der Waals surface area contributed by atoms with E-state index < -0.39 is 43.1 Å². The molecule has 0 bridgehead atoms. The molecule has 1 amide bonds. The number of aliphatic carboxylic acids is 1. The number of thiophene rings is 1. The first-order valence-electron chi connectivity index (χ1n) is 6.68. The summed E-state index contributed by atoms with van der Waals surface area (Å²) in [6.07, 6.45) is -4.77. The number of alkyl halides is 3. The van der Waals surface area contributed by atoms with Gasteiger partial charge in [-0.25, -0.2) is 13.1 Å². The summed E-state index contributed by atoms with van der Waals surface area (Å²) < 4.78 is 63.0. The Kier molecular flexibility index (Phi) is 5.20. The van der Waals surface area contributed by atoms with Crippen molar-refractivity contribution in [3.05, 3.63) is 17.0 Å². The topological polar surface area (TPSA) is 104 Å². The molecular weight excluding hydrogens is 373 g/mol. The molecule has 1 aliphatic heterocycles. The molecular formula is C12H13F3N2O5S2. The number of carboxylic acid groups (broad SMARTS) is 1. The fourth-order valence-electron chi connectivity index (χ4n) is 2.16. The van der Waals surface area contributed by atoms with Gasteiger partial charge < -0.3 is 10.0 Å². The van der Waals surface area contributed by atoms with Gasteiger partial charge in [0.05, 0.1) is 5.92 Å². The van der Waals surface area contributed by atoms with Crippen LogP contribution in [0.1, 0.15) is 11.3 Å². The predicted octanol–water partition coefficient (Wildman–Crippen LogP) is 0.978. The number of rotatable bonds is 6. The Morgan fingerprint density at radius 3 is 2.58 bits per heavy atom. The zero-order chi connectivity index (χ0) is 18.1. The number of carbonyl (C=O) groups is 2. The second-order valence-corrected chi connectivity index (χ2v) is 8.17. The van der Waals surface area contributed by atoms with Gasteiger partial charge in [0, 0.05) is 26.1 Å². The molecule has 12 heteroatoms. The molecule has 2 heterocycles. The lowest BCUT2D eigenvalue weighted by Crippen LogP contribution is -2.36. The van der Waals surface area contributed by atoms with E-state index >= 15 is 0 Å². The van der Waals surface area contributed by atoms with Crippen LogP contribution in [0.2, 0.25) is 0 Å². The van der Waals surface area contributed by atoms with E-state index in [4.69, 9.17) is 5.11 Å². The van der Waals surface area contributed by atoms with Gasteiger partial charge in [0.1, 0.15) is 9.09 Å². The number of sulfonamides is 1. The third kappa shape index (κ3) is 4.24. The largest absolute Gasteiger partial charge is 0.481 e. The molecule has 1 atom stereocenters. The molecule has 1 aromatic heterocycles. The molecule has 0 aliphatic carbocycles. The van der Waals surface area contributed by atoms with Crippen LogP contribution in [0.25, 0.3) is 0 Å². The first-order valence-corrected chi connectivity index (χ1v) is 8.98. The van der Waals surface area contributed by atoms with E-state index in [0.29, 0.717) is 6.07 Å². The third-order valence-corrected chi connectivity index (χ3v) is 6.45. The van der Waals surface area contributed by atoms with Gasteiger partial charge in [-0.05, 0) is 12.1 Å². The van der Waals surface area contributed by atoms with Crippen LogP contribution in [0.4, 0.5) is 13.2 Å². The predicted molar refractivity (Wildman–Crippen MR) is 76.8 cm³/mol. The second kappa shape index (κ2) is 6.69. The molecule has 24 heavy (non-hydrogen) atoms. The van der Waals surface area contributed by atoms with Crippen molar-refractivity contribution in [3.63, 3.8) is 0 Å². The van der Waals surface area contributed by atoms with E-state index in [9.17, 15) is 31.2 Å². The molecule has 0 spiro atoms. The summed E-state index contributed by atoms with van der Waals surface area (Å²) in [5.41, 5.74) is 0. The lowest BCUT2D eigenvalue weighted by Gasteiger charge is -2.16. The van der Waals surface area contributed by atoms with Crippen LogP contribution in [0.3, 0.4) is 0 Å². The number of carbonyl (C=O) groups excluding carboxylic acids is 1. The number of nitrogens with zero attached hydrogens (tertiary/aromatic N) is 1. The van der Waals surface area contributed by atoms with Crippen molar-refractivity contribution in [1.82, 2.24) is 9.62 Å². The van der Waals surface area contributed by atoms with Gasteiger partial charge in [0.25, 0.3) is 0 Å². The maximum atomic E-state index is 12.5. The molecule has 1 fully saturated rings. The average Bonchev–Trinajstić information content (AvgIpc) is 3.06. The fourth-order valence-corrected chi connectivity index (χ4v) is 4.40. The quantitative estimate of drug-likeness (QED) is 0.759. The van der Waals surface area contributed by atoms with Gasteiger partial charge in [-0.2, -0.15) is 13.2 Å². The molecule has 0 saturated carbocycles. The first kappa shape index (κ1) is 18.7. The third-order valence-electron chi connectivity index (χ3n) is 3.36. The summed E-state index contributed by atoms with van der Waals surface area (Å²) in [7, 11) is -4.12. The highest BCUT2D eigenvalue weighted by Crippen LogP contribution is 2.35. The standard InChI is InChI=1S/C12H13F3N2O5S2/c13-12(14,15)8-1-2-10(23-8)24(21,22)16-3-4-17-6-7(11(19)20)5-9(17)18/h1-2,7,16H,3-6H2,(H,19,20). The zero-order valence-corrected chi connectivity index (χ0v) is 13.7. The van der Waals surface area contributed by atoms with Crippen molar-refractivity contribution in [2.24, 2.45) is 5.92 Å². The number of hydrogen-bond acceptors (Lipinski definition) is 5. The first-order chi connectivity index (χ1) is 11.0. The highest BCUT2D eigenvalue weighted by molar-refractivity contribution is 7.91. The van der Waals surface area contributed by atoms with Crippen LogP contribution in [0, 0.1) is 5.92 Å². The molecule has 1 saturated heterocycles. The Morgan fingerprint density at radius 1 is 1.42 bits per heavy atom. The summed E-state index contributed by atoms with van der Waals surface area (Å²) in [5, 5.41) is 8.84. The maximum absolute atomic E-state index is 12.5. The smallest absolute Gasteiger partial charge is 0.425 e. The minimum Gasteiger partial charge on any atom is -0.481 e. The Hall–Kier alpha value is -1.66. The van der Waals surface area contributed by atoms with Crippen molar-refractivity contribution >= 4 is 33.2 Å². The molecule has 1 unspecified atom stereocenters. The summed E-state index contributed by atoms with van der Waals surface area (Å²) in [5.74, 6) is -2.34. The van der Waals surface area contributed by atoms with Crippen LogP contribution in [-0.4, -0.2) is 49.9 Å². The highest BCUT2D eigenvalue weighted by atomic mass is 32.2. The van der Waals surface area contributed by atoms with E-state index in [1.807, 2.05) is 0 Å². The van der Waals surface area contributed by atoms with Gasteiger partial charge in [-0.15, -0.1) is 11.3 Å². The SMILES string of the molecule is O=C(O)C1CC(=O)N(CCNS(=O)(=O)c2ccc(C(F)(F)F)s2)C1. The van der Waals surface area contributed by atoms with E-state index in [0.717, 1.165) is 6.07 Å². The number of carboxylic acids is 1. The van der Waals surface area contributed by atoms with Gasteiger partial charge >= 0.3 is 12.1 Å². The van der Waals surface area contributed by atoms with Crippen molar-refractivity contribution in [2.75, 3.05) is 19.6 Å². The molecule has 2 N–H and O–H groups in total. The maximum Gasteiger partial charge on any atom is 0.425 e. The van der Waals surface area contributed by atoms with Gasteiger partial charge in [0.15, 0.2) is 0 Å². The van der Waals surface area contributed by atoms with Crippen molar-refractivity contribution in [2.45, 2.75) is 16.8 Å². The van der Waals surface area contributed by atoms with Gasteiger partial charge in [-0.1, -0.05) is 0 Å². The van der Waals surface area contributed by atoms with Gasteiger partial charge in [-0.3, -0.25) is 9.59 Å². The lowest BCUT2D eigenvalue weighted by atomic mass is 10.1. The summed E-state index contributed by atoms with van der Waals surface area (Å²) in [4.78, 5) is 22.6. The Morgan fingerprint density at radius 2 is 2.08 bits per heavy atom. The van der Waals surface area contributed by atoms with Gasteiger partial charge in [0.2, 0.25) is 15.9 Å². The van der Waals surface area contributed by atoms with Crippen LogP contribution >= 0.6 is 11.3 Å². The van der Waals surface area contributed by atoms with Crippen molar-refractivity contribution in [1.29, 1.82) is 0 Å². The minimum atomic E-state index is -4.62. The lowest BCUT2D eigenvalue weighted by molar-refractivity contribution is -0.141. The monoisotopic (exact) mass is 386 g/mol. The van der Waals surface area contributed by atoms with E-state index in [-0.39, 0.29) is 37.4 Å². The summed E-state index contributed by atoms with van der Waals surface area (Å²) in [6, 6.07) is 1.54. The van der Waals surface area contributed by atoms with E-state index in [1.54, 1.807) is 0 Å². The number of hydrogen-bond donors (Lipinski definition) is 2. The number of nitrogens with one attached hydrogen (secondary N) is 1. The fraction of sp³-hybridized carbons (Fsp3) is 0.500. The van der Waals surface area contributed by atoms with Crippen molar-refractivity contribution in [3.8, 4) is 0 Å². The van der Waals surface area contributed by atoms with Crippen molar-refractivity contribution < 1.29 is 36.3 Å². The Labute approximate surface area is 139 Å². The molecule has 1 aliphatic rings. The molecule has 2 rings (SSSR count). The summed E-state index contributed by atoms with van der Waals surface area (Å²) in [6.45, 7) is -0.299. The minimum absolute atomic E-state index is 0.0207. The van der Waals surface area contributed by atoms with E-state index in [1.165, 1.54) is 4.90 Å². The molecule has 7 nitrogen and oxygen atoms in total. The highest BCUT2D eigenvalue weighted by Gasteiger charge is 2.35. The second-order valence-electron chi connectivity index (χ2n) is 5.09. The van der Waals surface area contributed by atoms with Crippen LogP contribution in [0.15, 0.2) is 16.3 Å². The van der Waals surface area contributed by atoms with E-state index in [2.05, 4.69) is 4.72 Å². The van der Waals surface area contributed by atoms with Crippen LogP contribution in [-0.2, 0) is 25.8 Å². The molecule has 134 valence electrons. The number of halogens is 3. The normalized spacial score (nSPS) is 19.0. The molecule has 0 radical (unpaired) electrons. The Balaban J connectivity index is 1.93.